The molecule has 1 aliphatic rings. The molecule has 1 fully saturated rings. The van der Waals surface area contributed by atoms with Crippen molar-refractivity contribution in [3.05, 3.63) is 28.8 Å². The van der Waals surface area contributed by atoms with Crippen LogP contribution in [0, 0.1) is 6.92 Å². The van der Waals surface area contributed by atoms with Crippen LogP contribution >= 0.6 is 11.6 Å². The average Bonchev–Trinajstić information content (AvgIpc) is 2.56. The number of benzene rings is 1. The standard InChI is InChI=1S/C15H22ClN3O4S/c1-12-10-13(2-3-14(12)16)24(21,22)18-11-15(20)17-4-5-19-6-8-23-9-7-19/h2-3,10,18H,4-9,11H2,1H3,(H,17,20). The van der Waals surface area contributed by atoms with Gasteiger partial charge in [-0.1, -0.05) is 11.6 Å². The van der Waals surface area contributed by atoms with E-state index >= 15 is 0 Å². The Morgan fingerprint density at radius 3 is 2.71 bits per heavy atom. The van der Waals surface area contributed by atoms with Crippen molar-refractivity contribution in [3.8, 4) is 0 Å². The zero-order valence-electron chi connectivity index (χ0n) is 13.5. The highest BCUT2D eigenvalue weighted by atomic mass is 35.5. The number of rotatable bonds is 7. The van der Waals surface area contributed by atoms with Crippen LogP contribution in [0.4, 0.5) is 0 Å². The fraction of sp³-hybridized carbons (Fsp3) is 0.533. The van der Waals surface area contributed by atoms with Gasteiger partial charge in [-0.05, 0) is 30.7 Å². The lowest BCUT2D eigenvalue weighted by Gasteiger charge is -2.26. The van der Waals surface area contributed by atoms with E-state index in [2.05, 4.69) is 14.9 Å². The van der Waals surface area contributed by atoms with E-state index in [4.69, 9.17) is 16.3 Å². The largest absolute Gasteiger partial charge is 0.379 e. The average molecular weight is 376 g/mol. The van der Waals surface area contributed by atoms with Crippen molar-refractivity contribution >= 4 is 27.5 Å². The minimum Gasteiger partial charge on any atom is -0.379 e. The first kappa shape index (κ1) is 19.1. The van der Waals surface area contributed by atoms with E-state index in [1.54, 1.807) is 6.92 Å². The molecule has 0 unspecified atom stereocenters. The summed E-state index contributed by atoms with van der Waals surface area (Å²) in [5, 5.41) is 3.20. The molecule has 134 valence electrons. The third-order valence-corrected chi connectivity index (χ3v) is 5.54. The van der Waals surface area contributed by atoms with Gasteiger partial charge in [0.15, 0.2) is 0 Å². The van der Waals surface area contributed by atoms with Crippen LogP contribution in [-0.2, 0) is 19.6 Å². The van der Waals surface area contributed by atoms with Crippen LogP contribution in [0.25, 0.3) is 0 Å². The van der Waals surface area contributed by atoms with Gasteiger partial charge < -0.3 is 10.1 Å². The fourth-order valence-corrected chi connectivity index (χ4v) is 3.45. The van der Waals surface area contributed by atoms with E-state index in [-0.39, 0.29) is 17.3 Å². The normalized spacial score (nSPS) is 16.1. The predicted octanol–water partition coefficient (Wildman–Crippen LogP) is 0.375. The van der Waals surface area contributed by atoms with Crippen LogP contribution in [0.3, 0.4) is 0 Å². The van der Waals surface area contributed by atoms with Gasteiger partial charge in [-0.3, -0.25) is 9.69 Å². The van der Waals surface area contributed by atoms with Gasteiger partial charge in [0.2, 0.25) is 15.9 Å². The molecule has 2 rings (SSSR count). The quantitative estimate of drug-likeness (QED) is 0.719. The second-order valence-electron chi connectivity index (χ2n) is 5.54. The fourth-order valence-electron chi connectivity index (χ4n) is 2.27. The summed E-state index contributed by atoms with van der Waals surface area (Å²) in [6, 6.07) is 4.41. The molecule has 7 nitrogen and oxygen atoms in total. The molecule has 0 aromatic heterocycles. The monoisotopic (exact) mass is 375 g/mol. The molecule has 1 heterocycles. The van der Waals surface area contributed by atoms with Crippen molar-refractivity contribution in [2.24, 2.45) is 0 Å². The van der Waals surface area contributed by atoms with Crippen molar-refractivity contribution < 1.29 is 17.9 Å². The molecule has 2 N–H and O–H groups in total. The highest BCUT2D eigenvalue weighted by molar-refractivity contribution is 7.89. The molecule has 1 aromatic rings. The summed E-state index contributed by atoms with van der Waals surface area (Å²) < 4.78 is 31.9. The summed E-state index contributed by atoms with van der Waals surface area (Å²) in [6.07, 6.45) is 0. The number of carbonyl (C=O) groups is 1. The van der Waals surface area contributed by atoms with Crippen molar-refractivity contribution in [1.82, 2.24) is 14.9 Å². The van der Waals surface area contributed by atoms with E-state index in [1.807, 2.05) is 0 Å². The first-order valence-electron chi connectivity index (χ1n) is 7.71. The molecular formula is C15H22ClN3O4S. The van der Waals surface area contributed by atoms with E-state index in [0.717, 1.165) is 19.6 Å². The second kappa shape index (κ2) is 8.77. The number of sulfonamides is 1. The molecule has 24 heavy (non-hydrogen) atoms. The second-order valence-corrected chi connectivity index (χ2v) is 7.71. The Hall–Kier alpha value is -1.19. The molecule has 1 saturated heterocycles. The summed E-state index contributed by atoms with van der Waals surface area (Å²) in [7, 11) is -3.74. The molecule has 1 aliphatic heterocycles. The Balaban J connectivity index is 1.76. The lowest BCUT2D eigenvalue weighted by Crippen LogP contribution is -2.43. The van der Waals surface area contributed by atoms with Gasteiger partial charge in [0.05, 0.1) is 24.7 Å². The van der Waals surface area contributed by atoms with Crippen LogP contribution < -0.4 is 10.0 Å². The van der Waals surface area contributed by atoms with E-state index in [1.165, 1.54) is 18.2 Å². The predicted molar refractivity (Wildman–Crippen MR) is 91.6 cm³/mol. The highest BCUT2D eigenvalue weighted by Gasteiger charge is 2.16. The summed E-state index contributed by atoms with van der Waals surface area (Å²) in [5.41, 5.74) is 0.662. The van der Waals surface area contributed by atoms with Gasteiger partial charge in [-0.2, -0.15) is 0 Å². The Kier molecular flexibility index (Phi) is 7.00. The maximum absolute atomic E-state index is 12.2. The molecule has 1 aromatic carbocycles. The van der Waals surface area contributed by atoms with Crippen molar-refractivity contribution in [2.75, 3.05) is 45.9 Å². The molecule has 1 amide bonds. The van der Waals surface area contributed by atoms with Gasteiger partial charge in [0.1, 0.15) is 0 Å². The van der Waals surface area contributed by atoms with Gasteiger partial charge in [-0.25, -0.2) is 13.1 Å². The number of amides is 1. The van der Waals surface area contributed by atoms with Crippen LogP contribution in [-0.4, -0.2) is 65.2 Å². The summed E-state index contributed by atoms with van der Waals surface area (Å²) in [6.45, 7) is 5.71. The molecule has 0 atom stereocenters. The van der Waals surface area contributed by atoms with Crippen molar-refractivity contribution in [3.63, 3.8) is 0 Å². The molecule has 0 radical (unpaired) electrons. The highest BCUT2D eigenvalue weighted by Crippen LogP contribution is 2.19. The van der Waals surface area contributed by atoms with Crippen LogP contribution in [0.1, 0.15) is 5.56 Å². The van der Waals surface area contributed by atoms with Gasteiger partial charge in [0.25, 0.3) is 0 Å². The minimum atomic E-state index is -3.74. The maximum Gasteiger partial charge on any atom is 0.241 e. The molecule has 0 saturated carbocycles. The van der Waals surface area contributed by atoms with Crippen LogP contribution in [0.15, 0.2) is 23.1 Å². The lowest BCUT2D eigenvalue weighted by molar-refractivity contribution is -0.120. The van der Waals surface area contributed by atoms with E-state index < -0.39 is 10.0 Å². The lowest BCUT2D eigenvalue weighted by atomic mass is 10.2. The smallest absolute Gasteiger partial charge is 0.241 e. The van der Waals surface area contributed by atoms with E-state index in [0.29, 0.717) is 30.3 Å². The summed E-state index contributed by atoms with van der Waals surface area (Å²) in [4.78, 5) is 14.1. The Morgan fingerprint density at radius 1 is 1.33 bits per heavy atom. The molecular weight excluding hydrogens is 354 g/mol. The number of nitrogens with zero attached hydrogens (tertiary/aromatic N) is 1. The Bertz CT molecular complexity index is 675. The SMILES string of the molecule is Cc1cc(S(=O)(=O)NCC(=O)NCCN2CCOCC2)ccc1Cl. The third-order valence-electron chi connectivity index (χ3n) is 3.72. The zero-order valence-corrected chi connectivity index (χ0v) is 15.1. The zero-order chi connectivity index (χ0) is 17.6. The molecule has 9 heteroatoms. The minimum absolute atomic E-state index is 0.0884. The van der Waals surface area contributed by atoms with Crippen molar-refractivity contribution in [2.45, 2.75) is 11.8 Å². The van der Waals surface area contributed by atoms with Gasteiger partial charge >= 0.3 is 0 Å². The summed E-state index contributed by atoms with van der Waals surface area (Å²) in [5.74, 6) is -0.363. The number of ether oxygens (including phenoxy) is 1. The van der Waals surface area contributed by atoms with E-state index in [9.17, 15) is 13.2 Å². The Morgan fingerprint density at radius 2 is 2.04 bits per heavy atom. The number of aryl methyl sites for hydroxylation is 1. The number of hydrogen-bond donors (Lipinski definition) is 2. The number of hydrogen-bond acceptors (Lipinski definition) is 5. The number of halogens is 1. The van der Waals surface area contributed by atoms with Crippen LogP contribution in [0.2, 0.25) is 5.02 Å². The number of morpholine rings is 1. The number of nitrogens with one attached hydrogen (secondary N) is 2. The third kappa shape index (κ3) is 5.71. The summed E-state index contributed by atoms with van der Waals surface area (Å²) >= 11 is 5.89. The van der Waals surface area contributed by atoms with Crippen molar-refractivity contribution in [1.29, 1.82) is 0 Å². The van der Waals surface area contributed by atoms with Crippen LogP contribution in [0.5, 0.6) is 0 Å². The van der Waals surface area contributed by atoms with Gasteiger partial charge in [0, 0.05) is 31.2 Å². The first-order chi connectivity index (χ1) is 11.4. The molecule has 0 bridgehead atoms. The Labute approximate surface area is 147 Å². The molecule has 0 aliphatic carbocycles. The topological polar surface area (TPSA) is 87.7 Å². The number of carbonyl (C=O) groups excluding carboxylic acids is 1. The maximum atomic E-state index is 12.2. The van der Waals surface area contributed by atoms with Gasteiger partial charge in [-0.15, -0.1) is 0 Å². The first-order valence-corrected chi connectivity index (χ1v) is 9.57. The molecule has 0 spiro atoms.